The molecule has 0 radical (unpaired) electrons. The standard InChI is InChI=1S/C6H16O14P4S4/c7-1-3(17-21(9,10)25)5(19-23(13,14)27)2(8)6(20-24(15,16)28)4(1)18-22(11,12)26/h1-8H,(H2,9,10,25)(H2,11,12,26)(H2,13,14,27)(H2,15,16,28)/t1?,2?,3-,4+,5-,6+. The van der Waals surface area contributed by atoms with Gasteiger partial charge in [-0.25, -0.2) is 0 Å². The highest BCUT2D eigenvalue weighted by Crippen LogP contribution is 2.52. The molecule has 2 unspecified atom stereocenters. The summed E-state index contributed by atoms with van der Waals surface area (Å²) >= 11 is 17.0. The van der Waals surface area contributed by atoms with Gasteiger partial charge < -0.3 is 49.4 Å². The molecule has 168 valence electrons. The highest BCUT2D eigenvalue weighted by molar-refractivity contribution is 8.07. The summed E-state index contributed by atoms with van der Waals surface area (Å²) in [5.41, 5.74) is 0. The van der Waals surface area contributed by atoms with Crippen molar-refractivity contribution in [3.05, 3.63) is 0 Å². The summed E-state index contributed by atoms with van der Waals surface area (Å²) in [6, 6.07) is 0. The van der Waals surface area contributed by atoms with Crippen LogP contribution in [0.5, 0.6) is 0 Å². The van der Waals surface area contributed by atoms with Crippen molar-refractivity contribution >= 4 is 74.1 Å². The fourth-order valence-corrected chi connectivity index (χ4v) is 5.71. The second-order valence-electron chi connectivity index (χ2n) is 5.22. The zero-order valence-corrected chi connectivity index (χ0v) is 19.8. The van der Waals surface area contributed by atoms with Crippen molar-refractivity contribution in [1.29, 1.82) is 0 Å². The Morgan fingerprint density at radius 3 is 0.679 bits per heavy atom. The van der Waals surface area contributed by atoms with Gasteiger partial charge >= 0.3 is 26.9 Å². The lowest BCUT2D eigenvalue weighted by Gasteiger charge is -2.47. The van der Waals surface area contributed by atoms with Gasteiger partial charge in [0.05, 0.1) is 0 Å². The molecular weight excluding hydrogens is 548 g/mol. The minimum absolute atomic E-state index is 2.11. The lowest BCUT2D eigenvalue weighted by molar-refractivity contribution is -0.202. The molecule has 0 aromatic carbocycles. The zero-order chi connectivity index (χ0) is 22.3. The van der Waals surface area contributed by atoms with Crippen LogP contribution >= 0.6 is 26.9 Å². The maximum Gasteiger partial charge on any atom is 0.322 e. The van der Waals surface area contributed by atoms with Crippen molar-refractivity contribution in [2.45, 2.75) is 36.6 Å². The second-order valence-corrected chi connectivity index (χ2v) is 15.7. The van der Waals surface area contributed by atoms with E-state index in [0.29, 0.717) is 0 Å². The van der Waals surface area contributed by atoms with Crippen molar-refractivity contribution in [1.82, 2.24) is 0 Å². The van der Waals surface area contributed by atoms with E-state index in [-0.39, 0.29) is 0 Å². The van der Waals surface area contributed by atoms with Gasteiger partial charge in [-0.2, -0.15) is 0 Å². The van der Waals surface area contributed by atoms with Gasteiger partial charge in [-0.15, -0.1) is 0 Å². The van der Waals surface area contributed by atoms with Gasteiger partial charge in [0.1, 0.15) is 36.6 Å². The molecule has 28 heavy (non-hydrogen) atoms. The summed E-state index contributed by atoms with van der Waals surface area (Å²) in [5, 5.41) is 20.8. The van der Waals surface area contributed by atoms with Gasteiger partial charge in [-0.05, 0) is 47.2 Å². The maximum absolute atomic E-state index is 10.4. The topological polar surface area (TPSA) is 239 Å². The van der Waals surface area contributed by atoms with Crippen molar-refractivity contribution in [3.8, 4) is 0 Å². The van der Waals surface area contributed by atoms with Gasteiger partial charge in [0.25, 0.3) is 0 Å². The van der Waals surface area contributed by atoms with Crippen LogP contribution in [0.2, 0.25) is 0 Å². The molecule has 22 heteroatoms. The third-order valence-corrected chi connectivity index (χ3v) is 6.14. The molecule has 14 nitrogen and oxygen atoms in total. The Morgan fingerprint density at radius 1 is 0.429 bits per heavy atom. The molecule has 1 saturated carbocycles. The van der Waals surface area contributed by atoms with E-state index in [9.17, 15) is 49.4 Å². The molecule has 0 saturated heterocycles. The van der Waals surface area contributed by atoms with Crippen molar-refractivity contribution < 1.29 is 67.5 Å². The van der Waals surface area contributed by atoms with Crippen molar-refractivity contribution in [3.63, 3.8) is 0 Å². The van der Waals surface area contributed by atoms with Crippen LogP contribution in [0.3, 0.4) is 0 Å². The molecule has 6 atom stereocenters. The molecule has 1 aliphatic carbocycles. The molecule has 1 aliphatic rings. The molecule has 1 fully saturated rings. The average Bonchev–Trinajstić information content (AvgIpc) is 2.39. The molecule has 0 heterocycles. The van der Waals surface area contributed by atoms with Crippen LogP contribution in [0.25, 0.3) is 0 Å². The minimum atomic E-state index is -4.59. The second kappa shape index (κ2) is 9.89. The molecular formula is C6H16O14P4S4. The highest BCUT2D eigenvalue weighted by Gasteiger charge is 2.57. The Morgan fingerprint density at radius 2 is 0.571 bits per heavy atom. The van der Waals surface area contributed by atoms with Crippen LogP contribution in [0, 0.1) is 0 Å². The molecule has 0 aromatic heterocycles. The summed E-state index contributed by atoms with van der Waals surface area (Å²) in [6.45, 7) is -18.4. The Hall–Kier alpha value is 2.04. The maximum atomic E-state index is 10.4. The summed E-state index contributed by atoms with van der Waals surface area (Å²) in [5.74, 6) is 0. The fourth-order valence-electron chi connectivity index (χ4n) is 2.27. The van der Waals surface area contributed by atoms with Crippen molar-refractivity contribution in [2.75, 3.05) is 0 Å². The monoisotopic (exact) mass is 564 g/mol. The number of hydrogen-bond acceptors (Lipinski definition) is 10. The van der Waals surface area contributed by atoms with E-state index in [1.807, 2.05) is 0 Å². The van der Waals surface area contributed by atoms with Gasteiger partial charge in [0.15, 0.2) is 0 Å². The molecule has 0 aromatic rings. The molecule has 0 spiro atoms. The predicted octanol–water partition coefficient (Wildman–Crippen LogP) is -2.90. The third kappa shape index (κ3) is 9.67. The van der Waals surface area contributed by atoms with E-state index in [4.69, 9.17) is 0 Å². The molecule has 0 aliphatic heterocycles. The lowest BCUT2D eigenvalue weighted by atomic mass is 9.85. The Labute approximate surface area is 177 Å². The van der Waals surface area contributed by atoms with Crippen molar-refractivity contribution in [2.24, 2.45) is 0 Å². The molecule has 0 amide bonds. The Balaban J connectivity index is 3.47. The van der Waals surface area contributed by atoms with Crippen LogP contribution in [0.4, 0.5) is 0 Å². The zero-order valence-electron chi connectivity index (χ0n) is 13.0. The number of rotatable bonds is 8. The fraction of sp³-hybridized carbons (Fsp3) is 1.00. The van der Waals surface area contributed by atoms with Crippen LogP contribution in [0.15, 0.2) is 0 Å². The summed E-state index contributed by atoms with van der Waals surface area (Å²) in [6.07, 6.45) is -12.9. The van der Waals surface area contributed by atoms with Crippen LogP contribution in [-0.2, 0) is 65.3 Å². The minimum Gasteiger partial charge on any atom is -0.387 e. The summed E-state index contributed by atoms with van der Waals surface area (Å²) in [7, 11) is 0. The average molecular weight is 564 g/mol. The van der Waals surface area contributed by atoms with E-state index < -0.39 is 63.5 Å². The third-order valence-electron chi connectivity index (χ3n) is 3.03. The van der Waals surface area contributed by atoms with Gasteiger partial charge in [0.2, 0.25) is 0 Å². The van der Waals surface area contributed by atoms with Crippen LogP contribution in [0.1, 0.15) is 0 Å². The predicted molar refractivity (Wildman–Crippen MR) is 106 cm³/mol. The van der Waals surface area contributed by atoms with Gasteiger partial charge in [-0.3, -0.25) is 18.1 Å². The quantitative estimate of drug-likeness (QED) is 0.133. The lowest BCUT2D eigenvalue weighted by Crippen LogP contribution is -2.65. The first-order valence-corrected chi connectivity index (χ1v) is 17.0. The van der Waals surface area contributed by atoms with E-state index in [1.54, 1.807) is 0 Å². The molecule has 0 bridgehead atoms. The SMILES string of the molecule is OC1[C@@H](OP(O)(O)=S)[C@H](OP(O)(O)=S)C(O)[C@H](OP(O)(O)=S)[C@H]1OP(O)(O)=S. The molecule has 10 N–H and O–H groups in total. The Kier molecular flexibility index (Phi) is 9.92. The first kappa shape index (κ1) is 28.1. The number of aliphatic hydroxyl groups is 2. The van der Waals surface area contributed by atoms with Gasteiger partial charge in [-0.1, -0.05) is 0 Å². The van der Waals surface area contributed by atoms with E-state index >= 15 is 0 Å². The largest absolute Gasteiger partial charge is 0.387 e. The van der Waals surface area contributed by atoms with Crippen LogP contribution < -0.4 is 0 Å². The van der Waals surface area contributed by atoms with Gasteiger partial charge in [0, 0.05) is 0 Å². The van der Waals surface area contributed by atoms with E-state index in [1.165, 1.54) is 0 Å². The van der Waals surface area contributed by atoms with E-state index in [2.05, 4.69) is 65.3 Å². The Bertz CT molecular complexity index is 618. The summed E-state index contributed by atoms with van der Waals surface area (Å²) in [4.78, 5) is 74.8. The highest BCUT2D eigenvalue weighted by atomic mass is 32.5. The number of aliphatic hydroxyl groups excluding tert-OH is 2. The smallest absolute Gasteiger partial charge is 0.322 e. The number of hydrogen-bond donors (Lipinski definition) is 10. The van der Waals surface area contributed by atoms with E-state index in [0.717, 1.165) is 0 Å². The molecule has 1 rings (SSSR count). The normalized spacial score (nSPS) is 33.1. The first-order valence-electron chi connectivity index (χ1n) is 6.52. The summed E-state index contributed by atoms with van der Waals surface area (Å²) < 4.78 is 18.5. The van der Waals surface area contributed by atoms with Crippen LogP contribution in [-0.4, -0.2) is 86.0 Å². The first-order chi connectivity index (χ1) is 12.2.